The molecule has 0 saturated carbocycles. The molecular formula is C18H23NO2S. The minimum absolute atomic E-state index is 0.00154. The molecule has 0 saturated heterocycles. The molecule has 1 aromatic heterocycles. The Balaban J connectivity index is 2.23. The van der Waals surface area contributed by atoms with Gasteiger partial charge in [-0.3, -0.25) is 9.36 Å². The molecule has 0 amide bonds. The zero-order chi connectivity index (χ0) is 16.3. The number of benzene rings is 1. The summed E-state index contributed by atoms with van der Waals surface area (Å²) in [5.74, 6) is 0.753. The highest BCUT2D eigenvalue weighted by Gasteiger charge is 2.19. The molecule has 0 aliphatic rings. The third-order valence-corrected chi connectivity index (χ3v) is 5.45. The average Bonchev–Trinajstić information content (AvgIpc) is 2.96. The second-order valence-electron chi connectivity index (χ2n) is 6.12. The lowest BCUT2D eigenvalue weighted by molar-refractivity contribution is 0.0862. The number of hydrogen-bond acceptors (Lipinski definition) is 2. The maximum absolute atomic E-state index is 12.7. The monoisotopic (exact) mass is 317 g/mol. The van der Waals surface area contributed by atoms with Crippen molar-refractivity contribution in [3.63, 3.8) is 0 Å². The summed E-state index contributed by atoms with van der Waals surface area (Å²) in [6.07, 6.45) is 2.17. The van der Waals surface area contributed by atoms with Crippen LogP contribution in [0.1, 0.15) is 37.6 Å². The van der Waals surface area contributed by atoms with Crippen molar-refractivity contribution in [3.8, 4) is 0 Å². The number of aromatic nitrogens is 1. The Kier molecular flexibility index (Phi) is 5.35. The second kappa shape index (κ2) is 7.05. The molecular weight excluding hydrogens is 294 g/mol. The first-order chi connectivity index (χ1) is 10.4. The van der Waals surface area contributed by atoms with Crippen LogP contribution in [0.3, 0.4) is 0 Å². The van der Waals surface area contributed by atoms with Gasteiger partial charge in [0, 0.05) is 17.5 Å². The van der Waals surface area contributed by atoms with E-state index >= 15 is 0 Å². The standard InChI is InChI=1S/C18H23NO2S/c1-13(2)15(4)12-17(20)19-11-5-6-18(19)22(21)16-9-7-14(3)8-10-16/h5-11,13,15H,12H2,1-4H3/t15-,22?/m1/s1. The molecule has 4 heteroatoms. The normalized spacial score (nSPS) is 14.0. The van der Waals surface area contributed by atoms with E-state index in [0.29, 0.717) is 23.3 Å². The van der Waals surface area contributed by atoms with E-state index in [9.17, 15) is 9.00 Å². The molecule has 0 fully saturated rings. The summed E-state index contributed by atoms with van der Waals surface area (Å²) >= 11 is 0. The summed E-state index contributed by atoms with van der Waals surface area (Å²) in [4.78, 5) is 13.2. The number of nitrogens with zero attached hydrogens (tertiary/aromatic N) is 1. The van der Waals surface area contributed by atoms with Crippen LogP contribution >= 0.6 is 0 Å². The molecule has 2 aromatic rings. The van der Waals surface area contributed by atoms with Gasteiger partial charge >= 0.3 is 0 Å². The van der Waals surface area contributed by atoms with Gasteiger partial charge in [0.15, 0.2) is 0 Å². The van der Waals surface area contributed by atoms with Gasteiger partial charge < -0.3 is 0 Å². The van der Waals surface area contributed by atoms with Crippen LogP contribution in [-0.4, -0.2) is 14.7 Å². The van der Waals surface area contributed by atoms with E-state index in [1.807, 2.05) is 31.2 Å². The van der Waals surface area contributed by atoms with E-state index in [0.717, 1.165) is 10.5 Å². The first-order valence-electron chi connectivity index (χ1n) is 7.59. The summed E-state index contributed by atoms with van der Waals surface area (Å²) in [7, 11) is -1.34. The van der Waals surface area contributed by atoms with Crippen molar-refractivity contribution in [1.82, 2.24) is 4.57 Å². The first-order valence-corrected chi connectivity index (χ1v) is 8.74. The Morgan fingerprint density at radius 2 is 1.77 bits per heavy atom. The average molecular weight is 317 g/mol. The van der Waals surface area contributed by atoms with Crippen LogP contribution in [0.2, 0.25) is 0 Å². The summed E-state index contributed by atoms with van der Waals surface area (Å²) < 4.78 is 14.2. The predicted molar refractivity (Wildman–Crippen MR) is 89.5 cm³/mol. The Bertz CT molecular complexity index is 671. The van der Waals surface area contributed by atoms with Gasteiger partial charge in [-0.1, -0.05) is 38.5 Å². The zero-order valence-electron chi connectivity index (χ0n) is 13.6. The summed E-state index contributed by atoms with van der Waals surface area (Å²) in [5, 5.41) is 0.546. The topological polar surface area (TPSA) is 39.1 Å². The van der Waals surface area contributed by atoms with Gasteiger partial charge in [-0.2, -0.15) is 0 Å². The number of rotatable bonds is 5. The van der Waals surface area contributed by atoms with E-state index in [-0.39, 0.29) is 5.91 Å². The van der Waals surface area contributed by atoms with Crippen LogP contribution in [0, 0.1) is 18.8 Å². The summed E-state index contributed by atoms with van der Waals surface area (Å²) in [6.45, 7) is 8.28. The lowest BCUT2D eigenvalue weighted by atomic mass is 9.94. The lowest BCUT2D eigenvalue weighted by Gasteiger charge is -2.15. The molecule has 3 nitrogen and oxygen atoms in total. The van der Waals surface area contributed by atoms with Crippen LogP contribution in [0.15, 0.2) is 52.5 Å². The Labute approximate surface area is 134 Å². The van der Waals surface area contributed by atoms with Crippen LogP contribution in [0.4, 0.5) is 0 Å². The lowest BCUT2D eigenvalue weighted by Crippen LogP contribution is -2.18. The number of aryl methyl sites for hydroxylation is 1. The molecule has 0 N–H and O–H groups in total. The van der Waals surface area contributed by atoms with Crippen molar-refractivity contribution in [2.75, 3.05) is 0 Å². The summed E-state index contributed by atoms with van der Waals surface area (Å²) in [5.41, 5.74) is 1.12. The van der Waals surface area contributed by atoms with Crippen LogP contribution in [0.25, 0.3) is 0 Å². The third-order valence-electron chi connectivity index (χ3n) is 4.04. The molecule has 0 aliphatic carbocycles. The Hall–Kier alpha value is -1.68. The Morgan fingerprint density at radius 3 is 2.36 bits per heavy atom. The van der Waals surface area contributed by atoms with Crippen molar-refractivity contribution in [3.05, 3.63) is 48.2 Å². The van der Waals surface area contributed by atoms with Crippen molar-refractivity contribution < 1.29 is 9.00 Å². The molecule has 22 heavy (non-hydrogen) atoms. The van der Waals surface area contributed by atoms with Gasteiger partial charge in [-0.25, -0.2) is 4.21 Å². The number of carbonyl (C=O) groups excluding carboxylic acids is 1. The quantitative estimate of drug-likeness (QED) is 0.825. The van der Waals surface area contributed by atoms with Crippen molar-refractivity contribution >= 4 is 16.7 Å². The highest BCUT2D eigenvalue weighted by atomic mass is 32.2. The van der Waals surface area contributed by atoms with Gasteiger partial charge in [-0.05, 0) is 43.0 Å². The molecule has 0 radical (unpaired) electrons. The van der Waals surface area contributed by atoms with Gasteiger partial charge in [-0.15, -0.1) is 0 Å². The highest BCUT2D eigenvalue weighted by Crippen LogP contribution is 2.20. The second-order valence-corrected chi connectivity index (χ2v) is 7.54. The van der Waals surface area contributed by atoms with Gasteiger partial charge in [0.1, 0.15) is 15.8 Å². The molecule has 1 aromatic carbocycles. The fraction of sp³-hybridized carbons (Fsp3) is 0.389. The highest BCUT2D eigenvalue weighted by molar-refractivity contribution is 7.85. The SMILES string of the molecule is Cc1ccc(S(=O)c2cccn2C(=O)C[C@@H](C)C(C)C)cc1. The largest absolute Gasteiger partial charge is 0.279 e. The molecule has 1 unspecified atom stereocenters. The van der Waals surface area contributed by atoms with Crippen LogP contribution in [0.5, 0.6) is 0 Å². The molecule has 1 heterocycles. The van der Waals surface area contributed by atoms with E-state index in [4.69, 9.17) is 0 Å². The fourth-order valence-corrected chi connectivity index (χ4v) is 3.28. The first kappa shape index (κ1) is 16.7. The van der Waals surface area contributed by atoms with Gasteiger partial charge in [0.25, 0.3) is 0 Å². The molecule has 0 spiro atoms. The fourth-order valence-electron chi connectivity index (χ4n) is 2.11. The van der Waals surface area contributed by atoms with E-state index in [2.05, 4.69) is 20.8 Å². The minimum atomic E-state index is -1.34. The molecule has 0 aliphatic heterocycles. The minimum Gasteiger partial charge on any atom is -0.279 e. The Morgan fingerprint density at radius 1 is 1.14 bits per heavy atom. The van der Waals surface area contributed by atoms with Crippen LogP contribution < -0.4 is 0 Å². The third kappa shape index (κ3) is 3.74. The van der Waals surface area contributed by atoms with Crippen molar-refractivity contribution in [2.24, 2.45) is 11.8 Å². The van der Waals surface area contributed by atoms with Crippen LogP contribution in [-0.2, 0) is 10.8 Å². The zero-order valence-corrected chi connectivity index (χ0v) is 14.4. The van der Waals surface area contributed by atoms with Gasteiger partial charge in [0.05, 0.1) is 0 Å². The van der Waals surface area contributed by atoms with E-state index in [1.165, 1.54) is 4.57 Å². The van der Waals surface area contributed by atoms with E-state index in [1.54, 1.807) is 18.3 Å². The molecule has 2 atom stereocenters. The van der Waals surface area contributed by atoms with Crippen molar-refractivity contribution in [2.45, 2.75) is 44.0 Å². The summed E-state index contributed by atoms with van der Waals surface area (Å²) in [6, 6.07) is 11.1. The molecule has 0 bridgehead atoms. The predicted octanol–water partition coefficient (Wildman–Crippen LogP) is 4.29. The maximum atomic E-state index is 12.7. The number of carbonyl (C=O) groups is 1. The van der Waals surface area contributed by atoms with E-state index < -0.39 is 10.8 Å². The molecule has 118 valence electrons. The van der Waals surface area contributed by atoms with Crippen molar-refractivity contribution in [1.29, 1.82) is 0 Å². The number of hydrogen-bond donors (Lipinski definition) is 0. The van der Waals surface area contributed by atoms with Gasteiger partial charge in [0.2, 0.25) is 5.91 Å². The smallest absolute Gasteiger partial charge is 0.231 e. The maximum Gasteiger partial charge on any atom is 0.231 e. The molecule has 2 rings (SSSR count).